The zero-order chi connectivity index (χ0) is 7.40. The minimum Gasteiger partial charge on any atom is -0.396 e. The molecule has 0 spiro atoms. The fraction of sp³-hybridized carbons (Fsp3) is 1.00. The summed E-state index contributed by atoms with van der Waals surface area (Å²) in [4.78, 5) is 0. The number of hydrogen-bond donors (Lipinski definition) is 1. The quantitative estimate of drug-likeness (QED) is 0.630. The van der Waals surface area contributed by atoms with Gasteiger partial charge in [0.15, 0.2) is 0 Å². The van der Waals surface area contributed by atoms with E-state index in [1.807, 2.05) is 0 Å². The summed E-state index contributed by atoms with van der Waals surface area (Å²) < 4.78 is 5.23. The number of rotatable bonds is 2. The van der Waals surface area contributed by atoms with E-state index in [0.717, 1.165) is 12.8 Å². The second-order valence-corrected chi connectivity index (χ2v) is 3.00. The Bertz CT molecular complexity index is 81.3. The Morgan fingerprint density at radius 2 is 2.10 bits per heavy atom. The van der Waals surface area contributed by atoms with Crippen LogP contribution in [0.25, 0.3) is 0 Å². The first-order valence-corrected chi connectivity index (χ1v) is 4.02. The molecule has 0 aromatic carbocycles. The molecule has 2 heteroatoms. The first-order chi connectivity index (χ1) is 4.88. The molecule has 60 valence electrons. The SMILES string of the molecule is CO[C@@H]1CCCC[C@@H]1CO. The topological polar surface area (TPSA) is 29.5 Å². The van der Waals surface area contributed by atoms with E-state index in [2.05, 4.69) is 0 Å². The second-order valence-electron chi connectivity index (χ2n) is 3.00. The largest absolute Gasteiger partial charge is 0.396 e. The molecular formula is C8H16O2. The maximum Gasteiger partial charge on any atom is 0.0621 e. The van der Waals surface area contributed by atoms with Crippen molar-refractivity contribution in [2.24, 2.45) is 5.92 Å². The molecule has 1 saturated carbocycles. The van der Waals surface area contributed by atoms with Gasteiger partial charge in [0.1, 0.15) is 0 Å². The lowest BCUT2D eigenvalue weighted by Crippen LogP contribution is -2.29. The van der Waals surface area contributed by atoms with Crippen molar-refractivity contribution in [2.45, 2.75) is 31.8 Å². The average Bonchev–Trinajstić information content (AvgIpc) is 2.04. The van der Waals surface area contributed by atoms with Crippen molar-refractivity contribution in [3.05, 3.63) is 0 Å². The summed E-state index contributed by atoms with van der Waals surface area (Å²) in [6, 6.07) is 0. The Hall–Kier alpha value is -0.0800. The standard InChI is InChI=1S/C8H16O2/c1-10-8-5-3-2-4-7(8)6-9/h7-9H,2-6H2,1H3/t7-,8-/m1/s1. The highest BCUT2D eigenvalue weighted by Gasteiger charge is 2.23. The highest BCUT2D eigenvalue weighted by Crippen LogP contribution is 2.25. The Balaban J connectivity index is 2.34. The van der Waals surface area contributed by atoms with Crippen LogP contribution in [0.4, 0.5) is 0 Å². The smallest absolute Gasteiger partial charge is 0.0621 e. The van der Waals surface area contributed by atoms with Gasteiger partial charge in [-0.15, -0.1) is 0 Å². The number of ether oxygens (including phenoxy) is 1. The van der Waals surface area contributed by atoms with E-state index >= 15 is 0 Å². The fourth-order valence-electron chi connectivity index (χ4n) is 1.69. The summed E-state index contributed by atoms with van der Waals surface area (Å²) in [6.07, 6.45) is 5.09. The predicted molar refractivity (Wildman–Crippen MR) is 39.8 cm³/mol. The normalized spacial score (nSPS) is 34.2. The van der Waals surface area contributed by atoms with Crippen LogP contribution in [-0.2, 0) is 4.74 Å². The molecule has 0 aromatic rings. The highest BCUT2D eigenvalue weighted by molar-refractivity contribution is 4.74. The minimum absolute atomic E-state index is 0.290. The van der Waals surface area contributed by atoms with Crippen LogP contribution >= 0.6 is 0 Å². The van der Waals surface area contributed by atoms with E-state index in [4.69, 9.17) is 9.84 Å². The molecule has 1 N–H and O–H groups in total. The summed E-state index contributed by atoms with van der Waals surface area (Å²) in [7, 11) is 1.73. The van der Waals surface area contributed by atoms with E-state index in [1.165, 1.54) is 12.8 Å². The maximum absolute atomic E-state index is 8.91. The number of methoxy groups -OCH3 is 1. The number of hydrogen-bond acceptors (Lipinski definition) is 2. The van der Waals surface area contributed by atoms with Crippen LogP contribution in [-0.4, -0.2) is 24.9 Å². The average molecular weight is 144 g/mol. The summed E-state index contributed by atoms with van der Waals surface area (Å²) >= 11 is 0. The van der Waals surface area contributed by atoms with Crippen molar-refractivity contribution in [1.29, 1.82) is 0 Å². The van der Waals surface area contributed by atoms with E-state index in [9.17, 15) is 0 Å². The van der Waals surface area contributed by atoms with Gasteiger partial charge in [-0.1, -0.05) is 12.8 Å². The summed E-state index contributed by atoms with van der Waals surface area (Å²) in [5.41, 5.74) is 0. The van der Waals surface area contributed by atoms with E-state index in [0.29, 0.717) is 18.6 Å². The van der Waals surface area contributed by atoms with E-state index in [1.54, 1.807) is 7.11 Å². The molecule has 0 amide bonds. The van der Waals surface area contributed by atoms with E-state index in [-0.39, 0.29) is 0 Å². The molecule has 0 radical (unpaired) electrons. The van der Waals surface area contributed by atoms with Crippen LogP contribution in [0.3, 0.4) is 0 Å². The monoisotopic (exact) mass is 144 g/mol. The molecule has 1 rings (SSSR count). The molecule has 0 saturated heterocycles. The van der Waals surface area contributed by atoms with E-state index < -0.39 is 0 Å². The molecule has 2 nitrogen and oxygen atoms in total. The highest BCUT2D eigenvalue weighted by atomic mass is 16.5. The third-order valence-corrected chi connectivity index (χ3v) is 2.38. The van der Waals surface area contributed by atoms with Gasteiger partial charge in [0.25, 0.3) is 0 Å². The molecule has 0 unspecified atom stereocenters. The molecule has 0 aliphatic heterocycles. The third-order valence-electron chi connectivity index (χ3n) is 2.38. The van der Waals surface area contributed by atoms with Crippen molar-refractivity contribution < 1.29 is 9.84 Å². The van der Waals surface area contributed by atoms with Crippen molar-refractivity contribution in [3.63, 3.8) is 0 Å². The Morgan fingerprint density at radius 3 is 2.60 bits per heavy atom. The summed E-state index contributed by atoms with van der Waals surface area (Å²) in [6.45, 7) is 0.290. The molecule has 1 aliphatic carbocycles. The van der Waals surface area contributed by atoms with Gasteiger partial charge in [0, 0.05) is 19.6 Å². The van der Waals surface area contributed by atoms with Crippen LogP contribution in [0.15, 0.2) is 0 Å². The molecule has 1 aliphatic rings. The lowest BCUT2D eigenvalue weighted by atomic mass is 9.87. The van der Waals surface area contributed by atoms with Crippen LogP contribution in [0.2, 0.25) is 0 Å². The van der Waals surface area contributed by atoms with Gasteiger partial charge in [-0.3, -0.25) is 0 Å². The summed E-state index contributed by atoms with van der Waals surface area (Å²) in [5, 5.41) is 8.91. The van der Waals surface area contributed by atoms with Gasteiger partial charge < -0.3 is 9.84 Å². The molecule has 0 bridgehead atoms. The zero-order valence-corrected chi connectivity index (χ0v) is 6.55. The molecule has 0 aromatic heterocycles. The predicted octanol–water partition coefficient (Wildman–Crippen LogP) is 1.18. The second kappa shape index (κ2) is 3.94. The lowest BCUT2D eigenvalue weighted by Gasteiger charge is -2.28. The summed E-state index contributed by atoms with van der Waals surface area (Å²) in [5.74, 6) is 0.402. The van der Waals surface area contributed by atoms with Gasteiger partial charge >= 0.3 is 0 Å². The van der Waals surface area contributed by atoms with Crippen molar-refractivity contribution in [3.8, 4) is 0 Å². The van der Waals surface area contributed by atoms with Crippen LogP contribution in [0.1, 0.15) is 25.7 Å². The van der Waals surface area contributed by atoms with Crippen molar-refractivity contribution in [1.82, 2.24) is 0 Å². The lowest BCUT2D eigenvalue weighted by molar-refractivity contribution is 0.000284. The first-order valence-electron chi connectivity index (χ1n) is 4.02. The van der Waals surface area contributed by atoms with Crippen LogP contribution in [0.5, 0.6) is 0 Å². The van der Waals surface area contributed by atoms with Gasteiger partial charge in [0.05, 0.1) is 6.10 Å². The van der Waals surface area contributed by atoms with Gasteiger partial charge in [-0.2, -0.15) is 0 Å². The van der Waals surface area contributed by atoms with Crippen LogP contribution < -0.4 is 0 Å². The number of aliphatic hydroxyl groups excluding tert-OH is 1. The van der Waals surface area contributed by atoms with Crippen molar-refractivity contribution >= 4 is 0 Å². The minimum atomic E-state index is 0.290. The van der Waals surface area contributed by atoms with Gasteiger partial charge in [-0.25, -0.2) is 0 Å². The van der Waals surface area contributed by atoms with Crippen molar-refractivity contribution in [2.75, 3.05) is 13.7 Å². The van der Waals surface area contributed by atoms with Gasteiger partial charge in [-0.05, 0) is 12.8 Å². The first kappa shape index (κ1) is 8.02. The fourth-order valence-corrected chi connectivity index (χ4v) is 1.69. The molecule has 0 heterocycles. The molecule has 1 fully saturated rings. The molecular weight excluding hydrogens is 128 g/mol. The van der Waals surface area contributed by atoms with Gasteiger partial charge in [0.2, 0.25) is 0 Å². The number of aliphatic hydroxyl groups is 1. The molecule has 2 atom stereocenters. The third kappa shape index (κ3) is 1.70. The van der Waals surface area contributed by atoms with Crippen LogP contribution in [0, 0.1) is 5.92 Å². The maximum atomic E-state index is 8.91. The Morgan fingerprint density at radius 1 is 1.40 bits per heavy atom. The molecule has 10 heavy (non-hydrogen) atoms. The Labute approximate surface area is 62.2 Å². The zero-order valence-electron chi connectivity index (χ0n) is 6.55. The Kier molecular flexibility index (Phi) is 3.16.